The van der Waals surface area contributed by atoms with Gasteiger partial charge in [-0.05, 0) is 50.6 Å². The number of fused-ring (bicyclic) bond motifs is 1. The smallest absolute Gasteiger partial charge is 0.419 e. The molecule has 7 nitrogen and oxygen atoms in total. The molecule has 0 fully saturated rings. The molecule has 8 heteroatoms. The number of aromatic nitrogens is 1. The summed E-state index contributed by atoms with van der Waals surface area (Å²) in [5.41, 5.74) is 1.11. The minimum atomic E-state index is -0.940. The van der Waals surface area contributed by atoms with Gasteiger partial charge in [0, 0.05) is 28.0 Å². The standard InChI is InChI=1S/C24H25BrN2O5/c1-24(2,3)32-23(30)27-14-16(18-10-5-6-11-20(18)27)13-19(22(29)31-4)26-21(28)15-8-7-9-17(25)12-15/h5-12,14,19H,13H2,1-4H3,(H,26,28)/t19-/m1/s1. The molecule has 32 heavy (non-hydrogen) atoms. The number of methoxy groups -OCH3 is 1. The number of nitrogens with zero attached hydrogens (tertiary/aromatic N) is 1. The molecule has 0 unspecified atom stereocenters. The Hall–Kier alpha value is -3.13. The molecule has 0 bridgehead atoms. The number of carbonyl (C=O) groups is 3. The molecule has 0 radical (unpaired) electrons. The van der Waals surface area contributed by atoms with Crippen molar-refractivity contribution in [3.8, 4) is 0 Å². The zero-order valence-corrected chi connectivity index (χ0v) is 19.9. The van der Waals surface area contributed by atoms with Gasteiger partial charge >= 0.3 is 12.1 Å². The van der Waals surface area contributed by atoms with Crippen LogP contribution in [0.25, 0.3) is 10.9 Å². The van der Waals surface area contributed by atoms with E-state index < -0.39 is 29.6 Å². The minimum Gasteiger partial charge on any atom is -0.467 e. The molecule has 3 aromatic rings. The molecular weight excluding hydrogens is 476 g/mol. The molecule has 168 valence electrons. The molecule has 1 N–H and O–H groups in total. The van der Waals surface area contributed by atoms with E-state index in [2.05, 4.69) is 21.2 Å². The highest BCUT2D eigenvalue weighted by Crippen LogP contribution is 2.24. The Morgan fingerprint density at radius 1 is 1.09 bits per heavy atom. The molecule has 0 spiro atoms. The maximum atomic E-state index is 12.7. The Kier molecular flexibility index (Phi) is 7.03. The normalized spacial score (nSPS) is 12.3. The molecule has 1 amide bonds. The number of esters is 1. The monoisotopic (exact) mass is 500 g/mol. The van der Waals surface area contributed by atoms with Crippen LogP contribution in [0.4, 0.5) is 4.79 Å². The van der Waals surface area contributed by atoms with Gasteiger partial charge in [0.15, 0.2) is 0 Å². The number of para-hydroxylation sites is 1. The van der Waals surface area contributed by atoms with Crippen LogP contribution < -0.4 is 5.32 Å². The van der Waals surface area contributed by atoms with Crippen molar-refractivity contribution in [1.29, 1.82) is 0 Å². The fourth-order valence-corrected chi connectivity index (χ4v) is 3.70. The topological polar surface area (TPSA) is 86.6 Å². The number of amides is 1. The van der Waals surface area contributed by atoms with Crippen molar-refractivity contribution >= 4 is 44.8 Å². The van der Waals surface area contributed by atoms with Gasteiger partial charge in [-0.3, -0.25) is 9.36 Å². The number of benzene rings is 2. The van der Waals surface area contributed by atoms with E-state index >= 15 is 0 Å². The van der Waals surface area contributed by atoms with Crippen LogP contribution >= 0.6 is 15.9 Å². The van der Waals surface area contributed by atoms with Crippen LogP contribution in [-0.4, -0.2) is 41.3 Å². The highest BCUT2D eigenvalue weighted by molar-refractivity contribution is 9.10. The maximum Gasteiger partial charge on any atom is 0.419 e. The Labute approximate surface area is 194 Å². The molecule has 0 aliphatic heterocycles. The van der Waals surface area contributed by atoms with Gasteiger partial charge in [0.2, 0.25) is 0 Å². The van der Waals surface area contributed by atoms with E-state index in [1.165, 1.54) is 11.7 Å². The van der Waals surface area contributed by atoms with Crippen LogP contribution in [0.2, 0.25) is 0 Å². The molecule has 0 saturated heterocycles. The number of rotatable bonds is 5. The SMILES string of the molecule is COC(=O)[C@@H](Cc1cn(C(=O)OC(C)(C)C)c2ccccc12)NC(=O)c1cccc(Br)c1. The second-order valence-electron chi connectivity index (χ2n) is 8.29. The van der Waals surface area contributed by atoms with Crippen molar-refractivity contribution < 1.29 is 23.9 Å². The predicted octanol–water partition coefficient (Wildman–Crippen LogP) is 4.70. The molecular formula is C24H25BrN2O5. The van der Waals surface area contributed by atoms with Gasteiger partial charge in [-0.1, -0.05) is 40.2 Å². The van der Waals surface area contributed by atoms with Gasteiger partial charge < -0.3 is 14.8 Å². The number of carbonyl (C=O) groups excluding carboxylic acids is 3. The molecule has 1 atom stereocenters. The Morgan fingerprint density at radius 2 is 1.81 bits per heavy atom. The van der Waals surface area contributed by atoms with E-state index in [0.717, 1.165) is 9.86 Å². The van der Waals surface area contributed by atoms with Gasteiger partial charge in [0.25, 0.3) is 5.91 Å². The number of ether oxygens (including phenoxy) is 2. The molecule has 0 aliphatic rings. The lowest BCUT2D eigenvalue weighted by molar-refractivity contribution is -0.142. The van der Waals surface area contributed by atoms with Gasteiger partial charge in [-0.25, -0.2) is 9.59 Å². The third-order valence-corrected chi connectivity index (χ3v) is 5.18. The van der Waals surface area contributed by atoms with E-state index in [4.69, 9.17) is 9.47 Å². The molecule has 1 aromatic heterocycles. The molecule has 0 saturated carbocycles. The zero-order valence-electron chi connectivity index (χ0n) is 18.3. The number of hydrogen-bond donors (Lipinski definition) is 1. The lowest BCUT2D eigenvalue weighted by Gasteiger charge is -2.19. The average molecular weight is 501 g/mol. The molecule has 0 aliphatic carbocycles. The van der Waals surface area contributed by atoms with E-state index in [0.29, 0.717) is 16.6 Å². The van der Waals surface area contributed by atoms with E-state index in [-0.39, 0.29) is 6.42 Å². The third-order valence-electron chi connectivity index (χ3n) is 4.69. The van der Waals surface area contributed by atoms with Crippen LogP contribution in [0.15, 0.2) is 59.2 Å². The Bertz CT molecular complexity index is 1160. The van der Waals surface area contributed by atoms with Crippen molar-refractivity contribution in [3.05, 3.63) is 70.3 Å². The molecule has 2 aromatic carbocycles. The summed E-state index contributed by atoms with van der Waals surface area (Å²) in [5, 5.41) is 3.52. The summed E-state index contributed by atoms with van der Waals surface area (Å²) in [4.78, 5) is 37.9. The number of halogens is 1. The summed E-state index contributed by atoms with van der Waals surface area (Å²) in [7, 11) is 1.27. The van der Waals surface area contributed by atoms with Crippen LogP contribution in [0.5, 0.6) is 0 Å². The zero-order chi connectivity index (χ0) is 23.5. The lowest BCUT2D eigenvalue weighted by atomic mass is 10.0. The van der Waals surface area contributed by atoms with Crippen molar-refractivity contribution in [1.82, 2.24) is 9.88 Å². The first kappa shape index (κ1) is 23.5. The summed E-state index contributed by atoms with van der Waals surface area (Å²) < 4.78 is 12.6. The lowest BCUT2D eigenvalue weighted by Crippen LogP contribution is -2.43. The van der Waals surface area contributed by atoms with Crippen LogP contribution in [-0.2, 0) is 20.7 Å². The molecule has 1 heterocycles. The highest BCUT2D eigenvalue weighted by atomic mass is 79.9. The van der Waals surface area contributed by atoms with Crippen molar-refractivity contribution in [3.63, 3.8) is 0 Å². The molecule has 3 rings (SSSR count). The van der Waals surface area contributed by atoms with Crippen LogP contribution in [0, 0.1) is 0 Å². The van der Waals surface area contributed by atoms with Crippen molar-refractivity contribution in [2.75, 3.05) is 7.11 Å². The van der Waals surface area contributed by atoms with Gasteiger partial charge in [-0.15, -0.1) is 0 Å². The quantitative estimate of drug-likeness (QED) is 0.513. The largest absolute Gasteiger partial charge is 0.467 e. The number of hydrogen-bond acceptors (Lipinski definition) is 5. The van der Waals surface area contributed by atoms with Gasteiger partial charge in [0.05, 0.1) is 12.6 Å². The van der Waals surface area contributed by atoms with Crippen molar-refractivity contribution in [2.45, 2.75) is 38.8 Å². The number of nitrogens with one attached hydrogen (secondary N) is 1. The van der Waals surface area contributed by atoms with Gasteiger partial charge in [-0.2, -0.15) is 0 Å². The second-order valence-corrected chi connectivity index (χ2v) is 9.20. The Balaban J connectivity index is 1.93. The minimum absolute atomic E-state index is 0.142. The van der Waals surface area contributed by atoms with Crippen molar-refractivity contribution in [2.24, 2.45) is 0 Å². The van der Waals surface area contributed by atoms with Gasteiger partial charge in [0.1, 0.15) is 11.6 Å². The predicted molar refractivity (Wildman–Crippen MR) is 125 cm³/mol. The van der Waals surface area contributed by atoms with E-state index in [1.54, 1.807) is 57.3 Å². The average Bonchev–Trinajstić information content (AvgIpc) is 3.10. The van der Waals surface area contributed by atoms with E-state index in [9.17, 15) is 14.4 Å². The van der Waals surface area contributed by atoms with E-state index in [1.807, 2.05) is 18.2 Å². The summed E-state index contributed by atoms with van der Waals surface area (Å²) in [6.45, 7) is 5.38. The summed E-state index contributed by atoms with van der Waals surface area (Å²) in [6.07, 6.45) is 1.26. The highest BCUT2D eigenvalue weighted by Gasteiger charge is 2.26. The first-order chi connectivity index (χ1) is 15.1. The maximum absolute atomic E-state index is 12.7. The first-order valence-electron chi connectivity index (χ1n) is 10.1. The summed E-state index contributed by atoms with van der Waals surface area (Å²) >= 11 is 3.34. The van der Waals surface area contributed by atoms with Crippen LogP contribution in [0.3, 0.4) is 0 Å². The summed E-state index contributed by atoms with van der Waals surface area (Å²) in [6, 6.07) is 13.2. The fraction of sp³-hybridized carbons (Fsp3) is 0.292. The first-order valence-corrected chi connectivity index (χ1v) is 10.8. The fourth-order valence-electron chi connectivity index (χ4n) is 3.30. The van der Waals surface area contributed by atoms with Crippen LogP contribution in [0.1, 0.15) is 36.7 Å². The Morgan fingerprint density at radius 3 is 2.47 bits per heavy atom. The third kappa shape index (κ3) is 5.56. The second kappa shape index (κ2) is 9.56. The summed E-state index contributed by atoms with van der Waals surface area (Å²) in [5.74, 6) is -0.986.